The predicted octanol–water partition coefficient (Wildman–Crippen LogP) is 3.06. The number of benzene rings is 2. The molecule has 0 spiro atoms. The van der Waals surface area contributed by atoms with Crippen LogP contribution in [-0.2, 0) is 17.8 Å². The number of carbonyl (C=O) groups excluding carboxylic acids is 2. The molecule has 0 radical (unpaired) electrons. The van der Waals surface area contributed by atoms with Crippen LogP contribution in [0.5, 0.6) is 0 Å². The lowest BCUT2D eigenvalue weighted by Gasteiger charge is -2.18. The van der Waals surface area contributed by atoms with Crippen LogP contribution in [0.25, 0.3) is 0 Å². The summed E-state index contributed by atoms with van der Waals surface area (Å²) < 4.78 is 6.59. The first-order valence-electron chi connectivity index (χ1n) is 8.25. The minimum Gasteiger partial charge on any atom is -0.445 e. The molecular weight excluding hydrogens is 330 g/mol. The molecule has 6 nitrogen and oxygen atoms in total. The van der Waals surface area contributed by atoms with Crippen molar-refractivity contribution in [1.82, 2.24) is 14.9 Å². The number of hydrogen-bond acceptors (Lipinski definition) is 4. The normalized spacial score (nSPS) is 11.5. The van der Waals surface area contributed by atoms with Crippen LogP contribution in [0.1, 0.15) is 15.9 Å². The van der Waals surface area contributed by atoms with Gasteiger partial charge in [-0.3, -0.25) is 9.36 Å². The molecule has 3 rings (SSSR count). The lowest BCUT2D eigenvalue weighted by molar-refractivity contribution is 0.0836. The van der Waals surface area contributed by atoms with Crippen LogP contribution in [-0.4, -0.2) is 27.6 Å². The number of rotatable bonds is 6. The van der Waals surface area contributed by atoms with Gasteiger partial charge in [0.25, 0.3) is 5.91 Å². The summed E-state index contributed by atoms with van der Waals surface area (Å²) in [6.45, 7) is 0.143. The fraction of sp³-hybridized carbons (Fsp3) is 0.150. The van der Waals surface area contributed by atoms with Gasteiger partial charge in [0.1, 0.15) is 19.0 Å². The second-order valence-electron chi connectivity index (χ2n) is 5.76. The van der Waals surface area contributed by atoms with Gasteiger partial charge in [-0.2, -0.15) is 0 Å². The zero-order chi connectivity index (χ0) is 18.2. The van der Waals surface area contributed by atoms with Crippen molar-refractivity contribution >= 4 is 12.0 Å². The Morgan fingerprint density at radius 3 is 2.27 bits per heavy atom. The summed E-state index contributed by atoms with van der Waals surface area (Å²) in [5, 5.41) is 2.66. The molecule has 6 heteroatoms. The highest BCUT2D eigenvalue weighted by molar-refractivity contribution is 5.87. The minimum absolute atomic E-state index is 0.143. The van der Waals surface area contributed by atoms with Gasteiger partial charge in [-0.25, -0.2) is 9.78 Å². The third kappa shape index (κ3) is 4.80. The van der Waals surface area contributed by atoms with Gasteiger partial charge in [0, 0.05) is 18.8 Å². The molecule has 0 aliphatic heterocycles. The molecule has 0 fully saturated rings. The van der Waals surface area contributed by atoms with Crippen LogP contribution in [0.3, 0.4) is 0 Å². The standard InChI is InChI=1S/C20H19N3O3/c24-19(23-12-11-21-15-23)18(13-16-7-3-1-4-8-16)22-20(25)26-14-17-9-5-2-6-10-17/h1-12,15,18H,13-14H2,(H,22,25)/t18-/m1/s1. The van der Waals surface area contributed by atoms with E-state index in [0.717, 1.165) is 11.1 Å². The van der Waals surface area contributed by atoms with Gasteiger partial charge in [-0.1, -0.05) is 60.7 Å². The summed E-state index contributed by atoms with van der Waals surface area (Å²) in [5.41, 5.74) is 1.82. The molecule has 26 heavy (non-hydrogen) atoms. The topological polar surface area (TPSA) is 73.2 Å². The van der Waals surface area contributed by atoms with Gasteiger partial charge in [-0.05, 0) is 11.1 Å². The molecule has 1 N–H and O–H groups in total. The highest BCUT2D eigenvalue weighted by Crippen LogP contribution is 2.07. The van der Waals surface area contributed by atoms with E-state index >= 15 is 0 Å². The molecule has 132 valence electrons. The first kappa shape index (κ1) is 17.4. The maximum Gasteiger partial charge on any atom is 0.408 e. The molecule has 1 atom stereocenters. The van der Waals surface area contributed by atoms with E-state index in [1.165, 1.54) is 17.1 Å². The van der Waals surface area contributed by atoms with E-state index in [4.69, 9.17) is 4.74 Å². The van der Waals surface area contributed by atoms with Gasteiger partial charge >= 0.3 is 6.09 Å². The van der Waals surface area contributed by atoms with E-state index in [-0.39, 0.29) is 12.5 Å². The second kappa shape index (κ2) is 8.62. The molecule has 0 saturated carbocycles. The summed E-state index contributed by atoms with van der Waals surface area (Å²) in [4.78, 5) is 28.7. The Morgan fingerprint density at radius 2 is 1.65 bits per heavy atom. The van der Waals surface area contributed by atoms with E-state index in [1.54, 1.807) is 6.20 Å². The fourth-order valence-electron chi connectivity index (χ4n) is 2.53. The maximum atomic E-state index is 12.7. The largest absolute Gasteiger partial charge is 0.445 e. The third-order valence-electron chi connectivity index (χ3n) is 3.84. The molecule has 0 aliphatic rings. The Morgan fingerprint density at radius 1 is 1.00 bits per heavy atom. The Bertz CT molecular complexity index is 833. The fourth-order valence-corrected chi connectivity index (χ4v) is 2.53. The minimum atomic E-state index is -0.755. The van der Waals surface area contributed by atoms with Crippen molar-refractivity contribution in [1.29, 1.82) is 0 Å². The average molecular weight is 349 g/mol. The van der Waals surface area contributed by atoms with Gasteiger partial charge in [0.2, 0.25) is 0 Å². The first-order valence-corrected chi connectivity index (χ1v) is 8.25. The second-order valence-corrected chi connectivity index (χ2v) is 5.76. The van der Waals surface area contributed by atoms with Crippen molar-refractivity contribution in [2.75, 3.05) is 0 Å². The van der Waals surface area contributed by atoms with Crippen molar-refractivity contribution < 1.29 is 14.3 Å². The summed E-state index contributed by atoms with van der Waals surface area (Å²) in [6, 6.07) is 18.1. The summed E-state index contributed by atoms with van der Waals surface area (Å²) >= 11 is 0. The van der Waals surface area contributed by atoms with E-state index in [2.05, 4.69) is 10.3 Å². The van der Waals surface area contributed by atoms with Gasteiger partial charge in [-0.15, -0.1) is 0 Å². The van der Waals surface area contributed by atoms with Crippen LogP contribution < -0.4 is 5.32 Å². The number of imidazole rings is 1. The SMILES string of the molecule is O=C(N[C@H](Cc1ccccc1)C(=O)n1ccnc1)OCc1ccccc1. The van der Waals surface area contributed by atoms with E-state index in [9.17, 15) is 9.59 Å². The average Bonchev–Trinajstić information content (AvgIpc) is 3.22. The van der Waals surface area contributed by atoms with E-state index in [0.29, 0.717) is 6.42 Å². The molecule has 0 saturated heterocycles. The monoisotopic (exact) mass is 349 g/mol. The summed E-state index contributed by atoms with van der Waals surface area (Å²) in [7, 11) is 0. The van der Waals surface area contributed by atoms with Crippen molar-refractivity contribution in [2.45, 2.75) is 19.1 Å². The molecule has 1 aromatic heterocycles. The molecule has 0 unspecified atom stereocenters. The molecule has 1 heterocycles. The van der Waals surface area contributed by atoms with Crippen LogP contribution in [0.4, 0.5) is 4.79 Å². The Labute approximate surface area is 151 Å². The zero-order valence-corrected chi connectivity index (χ0v) is 14.1. The van der Waals surface area contributed by atoms with Crippen LogP contribution in [0, 0.1) is 0 Å². The summed E-state index contributed by atoms with van der Waals surface area (Å²) in [5.74, 6) is -0.275. The van der Waals surface area contributed by atoms with Crippen LogP contribution in [0.2, 0.25) is 0 Å². The highest BCUT2D eigenvalue weighted by Gasteiger charge is 2.23. The van der Waals surface area contributed by atoms with Crippen molar-refractivity contribution in [2.24, 2.45) is 0 Å². The van der Waals surface area contributed by atoms with Crippen LogP contribution in [0.15, 0.2) is 79.4 Å². The number of amides is 1. The number of alkyl carbamates (subject to hydrolysis) is 1. The highest BCUT2D eigenvalue weighted by atomic mass is 16.5. The van der Waals surface area contributed by atoms with Gasteiger partial charge in [0.15, 0.2) is 0 Å². The number of aromatic nitrogens is 2. The quantitative estimate of drug-likeness (QED) is 0.742. The molecule has 3 aromatic rings. The summed E-state index contributed by atoms with van der Waals surface area (Å²) in [6.07, 6.45) is 4.21. The Kier molecular flexibility index (Phi) is 5.77. The lowest BCUT2D eigenvalue weighted by atomic mass is 10.1. The first-order chi connectivity index (χ1) is 12.7. The van der Waals surface area contributed by atoms with Gasteiger partial charge in [0.05, 0.1) is 0 Å². The Hall–Kier alpha value is -3.41. The Balaban J connectivity index is 1.66. The van der Waals surface area contributed by atoms with Gasteiger partial charge < -0.3 is 10.1 Å². The number of hydrogen-bond donors (Lipinski definition) is 1. The molecule has 2 aromatic carbocycles. The predicted molar refractivity (Wildman–Crippen MR) is 96.6 cm³/mol. The number of carbonyl (C=O) groups is 2. The van der Waals surface area contributed by atoms with E-state index < -0.39 is 12.1 Å². The maximum absolute atomic E-state index is 12.7. The zero-order valence-electron chi connectivity index (χ0n) is 14.1. The van der Waals surface area contributed by atoms with Crippen molar-refractivity contribution in [3.8, 4) is 0 Å². The molecule has 0 bridgehead atoms. The number of nitrogens with one attached hydrogen (secondary N) is 1. The van der Waals surface area contributed by atoms with E-state index in [1.807, 2.05) is 60.7 Å². The smallest absolute Gasteiger partial charge is 0.408 e. The van der Waals surface area contributed by atoms with Crippen molar-refractivity contribution in [3.05, 3.63) is 90.5 Å². The number of ether oxygens (including phenoxy) is 1. The molecule has 0 aliphatic carbocycles. The van der Waals surface area contributed by atoms with Crippen LogP contribution >= 0.6 is 0 Å². The van der Waals surface area contributed by atoms with Crippen molar-refractivity contribution in [3.63, 3.8) is 0 Å². The number of nitrogens with zero attached hydrogens (tertiary/aromatic N) is 2. The molecular formula is C20H19N3O3. The third-order valence-corrected chi connectivity index (χ3v) is 3.84. The molecule has 1 amide bonds. The lowest BCUT2D eigenvalue weighted by Crippen LogP contribution is -2.44.